The number of aryl methyl sites for hydroxylation is 1. The maximum absolute atomic E-state index is 12.2. The van der Waals surface area contributed by atoms with E-state index in [9.17, 15) is 9.59 Å². The van der Waals surface area contributed by atoms with E-state index in [1.54, 1.807) is 17.2 Å². The summed E-state index contributed by atoms with van der Waals surface area (Å²) in [6, 6.07) is 3.59. The molecule has 0 aromatic carbocycles. The van der Waals surface area contributed by atoms with Gasteiger partial charge in [0.15, 0.2) is 0 Å². The van der Waals surface area contributed by atoms with E-state index in [2.05, 4.69) is 10.3 Å². The summed E-state index contributed by atoms with van der Waals surface area (Å²) in [7, 11) is 0. The predicted molar refractivity (Wildman–Crippen MR) is 99.7 cm³/mol. The van der Waals surface area contributed by atoms with Crippen LogP contribution in [0, 0.1) is 12.8 Å². The van der Waals surface area contributed by atoms with E-state index in [0.29, 0.717) is 38.2 Å². The first kappa shape index (κ1) is 22.6. The lowest BCUT2D eigenvalue weighted by atomic mass is 9.95. The molecule has 8 heteroatoms. The third kappa shape index (κ3) is 6.63. The van der Waals surface area contributed by atoms with Crippen LogP contribution in [-0.4, -0.2) is 40.8 Å². The summed E-state index contributed by atoms with van der Waals surface area (Å²) in [5.41, 5.74) is 6.71. The molecular weight excluding hydrogens is 351 g/mol. The van der Waals surface area contributed by atoms with E-state index in [4.69, 9.17) is 5.73 Å². The molecule has 0 spiro atoms. The van der Waals surface area contributed by atoms with Crippen LogP contribution in [0.1, 0.15) is 31.7 Å². The molecule has 2 rings (SSSR count). The summed E-state index contributed by atoms with van der Waals surface area (Å²) >= 11 is 0. The van der Waals surface area contributed by atoms with Gasteiger partial charge < -0.3 is 16.0 Å². The molecule has 0 bridgehead atoms. The van der Waals surface area contributed by atoms with Gasteiger partial charge in [0.05, 0.1) is 0 Å². The zero-order valence-electron chi connectivity index (χ0n) is 14.0. The number of amides is 2. The highest BCUT2D eigenvalue weighted by Crippen LogP contribution is 2.19. The number of hydrogen-bond donors (Lipinski definition) is 2. The fourth-order valence-electron chi connectivity index (χ4n) is 2.57. The van der Waals surface area contributed by atoms with E-state index < -0.39 is 0 Å². The van der Waals surface area contributed by atoms with Gasteiger partial charge in [0.1, 0.15) is 5.82 Å². The largest absolute Gasteiger partial charge is 0.343 e. The summed E-state index contributed by atoms with van der Waals surface area (Å²) in [6.07, 6.45) is 3.46. The second-order valence-corrected chi connectivity index (χ2v) is 6.05. The van der Waals surface area contributed by atoms with Crippen LogP contribution in [0.4, 0.5) is 5.82 Å². The van der Waals surface area contributed by atoms with E-state index in [1.807, 2.05) is 19.9 Å². The molecule has 1 aromatic heterocycles. The van der Waals surface area contributed by atoms with Gasteiger partial charge in [-0.25, -0.2) is 4.98 Å². The van der Waals surface area contributed by atoms with E-state index in [-0.39, 0.29) is 48.6 Å². The van der Waals surface area contributed by atoms with Gasteiger partial charge in [-0.05, 0) is 38.3 Å². The second kappa shape index (κ2) is 10.5. The number of likely N-dealkylation sites (tertiary alicyclic amines) is 1. The fraction of sp³-hybridized carbons (Fsp3) is 0.562. The summed E-state index contributed by atoms with van der Waals surface area (Å²) in [6.45, 7) is 5.01. The Labute approximate surface area is 155 Å². The second-order valence-electron chi connectivity index (χ2n) is 6.05. The fourth-order valence-corrected chi connectivity index (χ4v) is 2.57. The Hall–Kier alpha value is -1.37. The van der Waals surface area contributed by atoms with Crippen molar-refractivity contribution in [1.82, 2.24) is 9.88 Å². The molecule has 2 amide bonds. The molecule has 6 nitrogen and oxygen atoms in total. The van der Waals surface area contributed by atoms with Crippen molar-refractivity contribution in [2.45, 2.75) is 39.2 Å². The van der Waals surface area contributed by atoms with Crippen molar-refractivity contribution < 1.29 is 9.59 Å². The van der Waals surface area contributed by atoms with Crippen LogP contribution in [-0.2, 0) is 9.59 Å². The van der Waals surface area contributed by atoms with Crippen LogP contribution >= 0.6 is 24.8 Å². The van der Waals surface area contributed by atoms with Gasteiger partial charge in [0, 0.05) is 37.7 Å². The minimum Gasteiger partial charge on any atom is -0.343 e. The first-order chi connectivity index (χ1) is 10.5. The third-order valence-corrected chi connectivity index (χ3v) is 3.88. The molecule has 24 heavy (non-hydrogen) atoms. The van der Waals surface area contributed by atoms with Crippen LogP contribution in [0.5, 0.6) is 0 Å². The molecule has 1 unspecified atom stereocenters. The number of rotatable bonds is 4. The van der Waals surface area contributed by atoms with Gasteiger partial charge in [-0.15, -0.1) is 24.8 Å². The highest BCUT2D eigenvalue weighted by atomic mass is 35.5. The zero-order chi connectivity index (χ0) is 16.1. The lowest BCUT2D eigenvalue weighted by Crippen LogP contribution is -2.42. The Morgan fingerprint density at radius 3 is 2.46 bits per heavy atom. The highest BCUT2D eigenvalue weighted by molar-refractivity contribution is 5.91. The maximum Gasteiger partial charge on any atom is 0.228 e. The third-order valence-electron chi connectivity index (χ3n) is 3.88. The number of anilines is 1. The van der Waals surface area contributed by atoms with Crippen molar-refractivity contribution in [3.8, 4) is 0 Å². The summed E-state index contributed by atoms with van der Waals surface area (Å²) in [5, 5.41) is 2.84. The SMILES string of the molecule is Cc1ccc(NC(=O)C2CCN(C(=O)CC(C)N)CC2)nc1.Cl.Cl. The molecule has 1 fully saturated rings. The number of pyridine rings is 1. The molecule has 0 radical (unpaired) electrons. The monoisotopic (exact) mass is 376 g/mol. The Morgan fingerprint density at radius 2 is 1.96 bits per heavy atom. The Morgan fingerprint density at radius 1 is 1.33 bits per heavy atom. The molecule has 1 saturated heterocycles. The van der Waals surface area contributed by atoms with Gasteiger partial charge in [-0.3, -0.25) is 9.59 Å². The molecule has 3 N–H and O–H groups in total. The van der Waals surface area contributed by atoms with Crippen LogP contribution in [0.2, 0.25) is 0 Å². The first-order valence-corrected chi connectivity index (χ1v) is 7.72. The number of aromatic nitrogens is 1. The van der Waals surface area contributed by atoms with E-state index >= 15 is 0 Å². The average molecular weight is 377 g/mol. The summed E-state index contributed by atoms with van der Waals surface area (Å²) < 4.78 is 0. The van der Waals surface area contributed by atoms with Crippen molar-refractivity contribution >= 4 is 42.4 Å². The number of nitrogens with two attached hydrogens (primary N) is 1. The van der Waals surface area contributed by atoms with Crippen molar-refractivity contribution in [2.24, 2.45) is 11.7 Å². The number of carbonyl (C=O) groups is 2. The quantitative estimate of drug-likeness (QED) is 0.842. The Balaban J connectivity index is 0.00000264. The van der Waals surface area contributed by atoms with Gasteiger partial charge in [0.25, 0.3) is 0 Å². The van der Waals surface area contributed by atoms with Gasteiger partial charge in [-0.2, -0.15) is 0 Å². The molecule has 136 valence electrons. The first-order valence-electron chi connectivity index (χ1n) is 7.72. The smallest absolute Gasteiger partial charge is 0.228 e. The van der Waals surface area contributed by atoms with Crippen LogP contribution in [0.25, 0.3) is 0 Å². The molecule has 0 saturated carbocycles. The molecule has 2 heterocycles. The topological polar surface area (TPSA) is 88.3 Å². The average Bonchev–Trinajstić information content (AvgIpc) is 2.49. The van der Waals surface area contributed by atoms with Crippen molar-refractivity contribution in [1.29, 1.82) is 0 Å². The molecule has 1 aliphatic rings. The van der Waals surface area contributed by atoms with Crippen LogP contribution in [0.15, 0.2) is 18.3 Å². The number of hydrogen-bond acceptors (Lipinski definition) is 4. The molecular formula is C16H26Cl2N4O2. The number of halogens is 2. The Kier molecular flexibility index (Phi) is 9.89. The van der Waals surface area contributed by atoms with Gasteiger partial charge in [0.2, 0.25) is 11.8 Å². The maximum atomic E-state index is 12.2. The number of nitrogens with one attached hydrogen (secondary N) is 1. The van der Waals surface area contributed by atoms with Gasteiger partial charge >= 0.3 is 0 Å². The molecule has 1 aliphatic heterocycles. The van der Waals surface area contributed by atoms with E-state index in [1.165, 1.54) is 0 Å². The summed E-state index contributed by atoms with van der Waals surface area (Å²) in [4.78, 5) is 30.2. The van der Waals surface area contributed by atoms with E-state index in [0.717, 1.165) is 5.56 Å². The highest BCUT2D eigenvalue weighted by Gasteiger charge is 2.27. The molecule has 1 atom stereocenters. The Bertz CT molecular complexity index is 529. The standard InChI is InChI=1S/C16H24N4O2.2ClH/c1-11-3-4-14(18-10-11)19-16(22)13-5-7-20(8-6-13)15(21)9-12(2)17;;/h3-4,10,12-13H,5-9,17H2,1-2H3,(H,18,19,22);2*1H. The zero-order valence-corrected chi connectivity index (χ0v) is 15.7. The van der Waals surface area contributed by atoms with Crippen molar-refractivity contribution in [2.75, 3.05) is 18.4 Å². The van der Waals surface area contributed by atoms with Crippen molar-refractivity contribution in [3.63, 3.8) is 0 Å². The minimum atomic E-state index is -0.124. The number of nitrogens with zero attached hydrogens (tertiary/aromatic N) is 2. The minimum absolute atomic E-state index is 0. The lowest BCUT2D eigenvalue weighted by Gasteiger charge is -2.31. The predicted octanol–water partition coefficient (Wildman–Crippen LogP) is 2.15. The van der Waals surface area contributed by atoms with Gasteiger partial charge in [-0.1, -0.05) is 6.07 Å². The molecule has 0 aliphatic carbocycles. The number of carbonyl (C=O) groups excluding carboxylic acids is 2. The van der Waals surface area contributed by atoms with Crippen LogP contribution in [0.3, 0.4) is 0 Å². The lowest BCUT2D eigenvalue weighted by molar-refractivity contribution is -0.134. The normalized spacial score (nSPS) is 15.7. The van der Waals surface area contributed by atoms with Crippen molar-refractivity contribution in [3.05, 3.63) is 23.9 Å². The summed E-state index contributed by atoms with van der Waals surface area (Å²) in [5.74, 6) is 0.568. The van der Waals surface area contributed by atoms with Crippen LogP contribution < -0.4 is 11.1 Å². The molecule has 1 aromatic rings. The number of piperidine rings is 1.